The maximum absolute atomic E-state index is 13.8. The van der Waals surface area contributed by atoms with Crippen molar-refractivity contribution < 1.29 is 18.4 Å². The highest BCUT2D eigenvalue weighted by atomic mass is 35.5. The van der Waals surface area contributed by atoms with Crippen molar-refractivity contribution in [1.82, 2.24) is 0 Å². The van der Waals surface area contributed by atoms with Gasteiger partial charge in [-0.05, 0) is 45.3 Å². The van der Waals surface area contributed by atoms with Gasteiger partial charge in [-0.25, -0.2) is 0 Å². The summed E-state index contributed by atoms with van der Waals surface area (Å²) in [4.78, 5) is 27.5. The van der Waals surface area contributed by atoms with Crippen LogP contribution in [0.5, 0.6) is 0 Å². The van der Waals surface area contributed by atoms with Crippen LogP contribution < -0.4 is 0 Å². The summed E-state index contributed by atoms with van der Waals surface area (Å²) in [5, 5.41) is 0.337. The fraction of sp³-hybridized carbons (Fsp3) is 0.250. The zero-order valence-electron chi connectivity index (χ0n) is 18.6. The van der Waals surface area contributed by atoms with Crippen LogP contribution in [0.15, 0.2) is 53.6 Å². The zero-order chi connectivity index (χ0) is 22.7. The van der Waals surface area contributed by atoms with Crippen molar-refractivity contribution in [2.24, 2.45) is 0 Å². The Morgan fingerprint density at radius 1 is 0.645 bits per heavy atom. The number of carbonyl (C=O) groups is 2. The minimum Gasteiger partial charge on any atom is -0.543 e. The first kappa shape index (κ1) is 21.8. The molecule has 0 bridgehead atoms. The highest BCUT2D eigenvalue weighted by molar-refractivity contribution is 6.71. The number of ketones is 2. The number of rotatable bonds is 4. The second-order valence-electron chi connectivity index (χ2n) is 9.70. The Kier molecular flexibility index (Phi) is 5.15. The lowest BCUT2D eigenvalue weighted by atomic mass is 9.76. The molecule has 2 aliphatic carbocycles. The minimum absolute atomic E-state index is 0.222. The van der Waals surface area contributed by atoms with Crippen molar-refractivity contribution >= 4 is 51.3 Å². The summed E-state index contributed by atoms with van der Waals surface area (Å²) >= 11 is 6.49. The van der Waals surface area contributed by atoms with Gasteiger partial charge in [-0.1, -0.05) is 48.0 Å². The summed E-state index contributed by atoms with van der Waals surface area (Å²) < 4.78 is 12.9. The largest absolute Gasteiger partial charge is 0.543 e. The molecule has 0 atom stereocenters. The molecular weight excluding hydrogens is 444 g/mol. The second kappa shape index (κ2) is 7.33. The number of hydrogen-bond donors (Lipinski definition) is 0. The quantitative estimate of drug-likeness (QED) is 0.477. The Bertz CT molecular complexity index is 1200. The third kappa shape index (κ3) is 3.84. The van der Waals surface area contributed by atoms with E-state index in [2.05, 4.69) is 19.6 Å². The molecular formula is C24H25ClO4Si2. The van der Waals surface area contributed by atoms with Crippen LogP contribution in [0.2, 0.25) is 44.3 Å². The van der Waals surface area contributed by atoms with Gasteiger partial charge in [0.05, 0.1) is 21.7 Å². The van der Waals surface area contributed by atoms with Crippen LogP contribution in [0.1, 0.15) is 31.8 Å². The lowest BCUT2D eigenvalue weighted by Gasteiger charge is -2.35. The Morgan fingerprint density at radius 2 is 1.13 bits per heavy atom. The predicted molar refractivity (Wildman–Crippen MR) is 129 cm³/mol. The van der Waals surface area contributed by atoms with Crippen LogP contribution in [-0.4, -0.2) is 28.2 Å². The van der Waals surface area contributed by atoms with E-state index in [-0.39, 0.29) is 22.7 Å². The highest BCUT2D eigenvalue weighted by Crippen LogP contribution is 2.47. The van der Waals surface area contributed by atoms with Gasteiger partial charge in [0.2, 0.25) is 16.6 Å². The van der Waals surface area contributed by atoms with Gasteiger partial charge in [0.1, 0.15) is 11.5 Å². The van der Waals surface area contributed by atoms with Crippen LogP contribution in [0, 0.1) is 0 Å². The number of carbonyl (C=O) groups excluding carboxylic acids is 2. The van der Waals surface area contributed by atoms with Gasteiger partial charge in [0.25, 0.3) is 0 Å². The SMILES string of the molecule is C[Si](C)(C)OC1=C2C(=O)c3c(Cl)cccc3C(O[Si](C)(C)C)=C2C(=O)c2ccccc21. The molecule has 0 N–H and O–H groups in total. The van der Waals surface area contributed by atoms with Crippen LogP contribution in [0.4, 0.5) is 0 Å². The molecule has 4 nitrogen and oxygen atoms in total. The van der Waals surface area contributed by atoms with Gasteiger partial charge in [-0.2, -0.15) is 0 Å². The van der Waals surface area contributed by atoms with E-state index in [0.29, 0.717) is 38.8 Å². The van der Waals surface area contributed by atoms with Crippen LogP contribution in [0.3, 0.4) is 0 Å². The maximum Gasteiger partial charge on any atom is 0.242 e. The van der Waals surface area contributed by atoms with E-state index in [9.17, 15) is 9.59 Å². The summed E-state index contributed by atoms with van der Waals surface area (Å²) in [5.74, 6) is 0.370. The molecule has 0 spiro atoms. The van der Waals surface area contributed by atoms with Crippen LogP contribution in [-0.2, 0) is 8.85 Å². The van der Waals surface area contributed by atoms with E-state index >= 15 is 0 Å². The molecule has 2 aromatic carbocycles. The third-order valence-corrected chi connectivity index (χ3v) is 6.82. The average molecular weight is 469 g/mol. The zero-order valence-corrected chi connectivity index (χ0v) is 21.3. The van der Waals surface area contributed by atoms with E-state index in [1.165, 1.54) is 0 Å². The Hall–Kier alpha value is -2.42. The molecule has 2 aliphatic rings. The third-order valence-electron chi connectivity index (χ3n) is 4.88. The molecule has 0 heterocycles. The monoisotopic (exact) mass is 468 g/mol. The number of halogens is 1. The van der Waals surface area contributed by atoms with Crippen molar-refractivity contribution in [2.45, 2.75) is 39.3 Å². The van der Waals surface area contributed by atoms with Crippen molar-refractivity contribution in [3.05, 3.63) is 80.9 Å². The summed E-state index contributed by atoms with van der Waals surface area (Å²) in [6.07, 6.45) is 0. The molecule has 160 valence electrons. The lowest BCUT2D eigenvalue weighted by molar-refractivity contribution is 0.0988. The molecule has 4 rings (SSSR count). The van der Waals surface area contributed by atoms with Crippen molar-refractivity contribution in [2.75, 3.05) is 0 Å². The first-order chi connectivity index (χ1) is 14.4. The second-order valence-corrected chi connectivity index (χ2v) is 19.0. The standard InChI is InChI=1S/C24H25ClO4Si2/c1-30(2,3)28-23-15-11-8-7-10-14(15)21(26)19-20(23)22(27)18-16(12-9-13-17(18)25)24(19)29-31(4,5)6/h7-13H,1-6H3. The summed E-state index contributed by atoms with van der Waals surface area (Å²) in [7, 11) is -4.26. The normalized spacial score (nSPS) is 16.1. The van der Waals surface area contributed by atoms with E-state index in [1.807, 2.05) is 37.8 Å². The average Bonchev–Trinajstić information content (AvgIpc) is 2.65. The van der Waals surface area contributed by atoms with Gasteiger partial charge in [0, 0.05) is 16.7 Å². The Labute approximate surface area is 189 Å². The van der Waals surface area contributed by atoms with E-state index in [4.69, 9.17) is 20.5 Å². The molecule has 0 fully saturated rings. The first-order valence-corrected chi connectivity index (χ1v) is 17.4. The number of Topliss-reactive ketones (excluding diaryl/α,β-unsaturated/α-hetero) is 2. The molecule has 2 aromatic rings. The topological polar surface area (TPSA) is 52.6 Å². The fourth-order valence-electron chi connectivity index (χ4n) is 3.84. The van der Waals surface area contributed by atoms with Gasteiger partial charge >= 0.3 is 0 Å². The van der Waals surface area contributed by atoms with Gasteiger partial charge in [0.15, 0.2) is 11.6 Å². The van der Waals surface area contributed by atoms with Crippen molar-refractivity contribution in [3.8, 4) is 0 Å². The van der Waals surface area contributed by atoms with Crippen molar-refractivity contribution in [3.63, 3.8) is 0 Å². The Balaban J connectivity index is 2.16. The summed E-state index contributed by atoms with van der Waals surface area (Å²) in [6.45, 7) is 12.3. The van der Waals surface area contributed by atoms with Gasteiger partial charge < -0.3 is 8.85 Å². The van der Waals surface area contributed by atoms with E-state index in [0.717, 1.165) is 0 Å². The van der Waals surface area contributed by atoms with Crippen molar-refractivity contribution in [1.29, 1.82) is 0 Å². The Morgan fingerprint density at radius 3 is 1.71 bits per heavy atom. The highest BCUT2D eigenvalue weighted by Gasteiger charge is 2.44. The molecule has 31 heavy (non-hydrogen) atoms. The van der Waals surface area contributed by atoms with Gasteiger partial charge in [-0.3, -0.25) is 9.59 Å². The molecule has 0 aromatic heterocycles. The molecule has 0 amide bonds. The van der Waals surface area contributed by atoms with Crippen LogP contribution in [0.25, 0.3) is 11.5 Å². The predicted octanol–water partition coefficient (Wildman–Crippen LogP) is 6.56. The molecule has 0 unspecified atom stereocenters. The lowest BCUT2D eigenvalue weighted by Crippen LogP contribution is -2.34. The summed E-state index contributed by atoms with van der Waals surface area (Å²) in [5.41, 5.74) is 2.64. The van der Waals surface area contributed by atoms with Crippen LogP contribution >= 0.6 is 11.6 Å². The van der Waals surface area contributed by atoms with E-state index in [1.54, 1.807) is 24.3 Å². The number of benzene rings is 2. The number of hydrogen-bond acceptors (Lipinski definition) is 4. The molecule has 0 aliphatic heterocycles. The molecule has 0 saturated heterocycles. The number of allylic oxidation sites excluding steroid dienone is 2. The first-order valence-electron chi connectivity index (χ1n) is 10.2. The molecule has 0 saturated carbocycles. The maximum atomic E-state index is 13.8. The summed E-state index contributed by atoms with van der Waals surface area (Å²) in [6, 6.07) is 12.5. The minimum atomic E-state index is -2.14. The number of fused-ring (bicyclic) bond motifs is 3. The van der Waals surface area contributed by atoms with E-state index < -0.39 is 16.6 Å². The van der Waals surface area contributed by atoms with Gasteiger partial charge in [-0.15, -0.1) is 0 Å². The molecule has 7 heteroatoms. The fourth-order valence-corrected chi connectivity index (χ4v) is 5.75. The molecule has 0 radical (unpaired) electrons. The smallest absolute Gasteiger partial charge is 0.242 e.